The van der Waals surface area contributed by atoms with E-state index < -0.39 is 0 Å². The van der Waals surface area contributed by atoms with Crippen molar-refractivity contribution >= 4 is 26.8 Å². The zero-order valence-corrected chi connectivity index (χ0v) is 14.6. The van der Waals surface area contributed by atoms with E-state index in [4.69, 9.17) is 9.47 Å². The minimum absolute atomic E-state index is 0.408. The van der Waals surface area contributed by atoms with Crippen molar-refractivity contribution in [2.75, 3.05) is 27.3 Å². The lowest BCUT2D eigenvalue weighted by atomic mass is 10.0. The van der Waals surface area contributed by atoms with Crippen LogP contribution in [0.25, 0.3) is 10.9 Å². The van der Waals surface area contributed by atoms with Crippen molar-refractivity contribution in [2.45, 2.75) is 25.5 Å². The number of halogens is 1. The summed E-state index contributed by atoms with van der Waals surface area (Å²) < 4.78 is 11.8. The first-order valence-electron chi connectivity index (χ1n) is 7.58. The third kappa shape index (κ3) is 3.42. The molecule has 0 unspecified atom stereocenters. The predicted octanol–water partition coefficient (Wildman–Crippen LogP) is 3.62. The smallest absolute Gasteiger partial charge is 0.119 e. The van der Waals surface area contributed by atoms with Gasteiger partial charge in [0.25, 0.3) is 0 Å². The molecule has 3 rings (SSSR count). The van der Waals surface area contributed by atoms with Crippen molar-refractivity contribution in [3.8, 4) is 5.75 Å². The number of methoxy groups -OCH3 is 2. The number of nitrogens with zero attached hydrogens (tertiary/aromatic N) is 2. The average Bonchev–Trinajstić information content (AvgIpc) is 2.55. The van der Waals surface area contributed by atoms with Crippen LogP contribution < -0.4 is 4.74 Å². The van der Waals surface area contributed by atoms with Crippen LogP contribution in [0.1, 0.15) is 18.4 Å². The highest BCUT2D eigenvalue weighted by Gasteiger charge is 2.19. The second-order valence-corrected chi connectivity index (χ2v) is 6.52. The molecule has 1 saturated heterocycles. The molecule has 0 atom stereocenters. The lowest BCUT2D eigenvalue weighted by Gasteiger charge is -2.31. The quantitative estimate of drug-likeness (QED) is 0.776. The molecule has 2 heterocycles. The monoisotopic (exact) mass is 364 g/mol. The van der Waals surface area contributed by atoms with Crippen LogP contribution in [0.5, 0.6) is 5.75 Å². The minimum Gasteiger partial charge on any atom is -0.497 e. The molecule has 2 aromatic rings. The highest BCUT2D eigenvalue weighted by Crippen LogP contribution is 2.27. The van der Waals surface area contributed by atoms with E-state index in [9.17, 15) is 0 Å². The summed E-state index contributed by atoms with van der Waals surface area (Å²) in [6.07, 6.45) is 2.59. The van der Waals surface area contributed by atoms with Crippen LogP contribution in [-0.2, 0) is 11.3 Å². The van der Waals surface area contributed by atoms with Gasteiger partial charge in [0, 0.05) is 32.1 Å². The van der Waals surface area contributed by atoms with Gasteiger partial charge < -0.3 is 9.47 Å². The zero-order chi connectivity index (χ0) is 15.5. The maximum Gasteiger partial charge on any atom is 0.119 e. The van der Waals surface area contributed by atoms with Gasteiger partial charge in [-0.15, -0.1) is 0 Å². The first-order chi connectivity index (χ1) is 10.7. The summed E-state index contributed by atoms with van der Waals surface area (Å²) in [6.45, 7) is 3.02. The summed E-state index contributed by atoms with van der Waals surface area (Å²) in [4.78, 5) is 7.12. The summed E-state index contributed by atoms with van der Waals surface area (Å²) >= 11 is 3.47. The Balaban J connectivity index is 1.87. The average molecular weight is 365 g/mol. The Morgan fingerprint density at radius 2 is 2.00 bits per heavy atom. The second kappa shape index (κ2) is 6.94. The van der Waals surface area contributed by atoms with E-state index in [1.54, 1.807) is 14.2 Å². The van der Waals surface area contributed by atoms with Crippen molar-refractivity contribution in [3.63, 3.8) is 0 Å². The molecule has 22 heavy (non-hydrogen) atoms. The van der Waals surface area contributed by atoms with Crippen LogP contribution in [0.2, 0.25) is 0 Å². The normalized spacial score (nSPS) is 17.0. The van der Waals surface area contributed by atoms with Crippen LogP contribution in [0.3, 0.4) is 0 Å². The van der Waals surface area contributed by atoms with Gasteiger partial charge in [0.2, 0.25) is 0 Å². The van der Waals surface area contributed by atoms with Crippen molar-refractivity contribution in [1.82, 2.24) is 9.88 Å². The van der Waals surface area contributed by atoms with E-state index in [0.717, 1.165) is 53.7 Å². The lowest BCUT2D eigenvalue weighted by molar-refractivity contribution is 0.0389. The zero-order valence-electron chi connectivity index (χ0n) is 13.0. The summed E-state index contributed by atoms with van der Waals surface area (Å²) in [6, 6.07) is 8.19. The first-order valence-corrected chi connectivity index (χ1v) is 8.37. The SMILES string of the molecule is COc1cc(CN2CCC(OC)CC2)c2nc(Br)ccc2c1. The number of rotatable bonds is 4. The Bertz CT molecular complexity index is 654. The third-order valence-electron chi connectivity index (χ3n) is 4.31. The largest absolute Gasteiger partial charge is 0.497 e. The van der Waals surface area contributed by atoms with E-state index in [1.165, 1.54) is 5.56 Å². The van der Waals surface area contributed by atoms with E-state index in [2.05, 4.69) is 37.9 Å². The molecule has 0 bridgehead atoms. The third-order valence-corrected chi connectivity index (χ3v) is 4.75. The molecule has 5 heteroatoms. The van der Waals surface area contributed by atoms with E-state index >= 15 is 0 Å². The lowest BCUT2D eigenvalue weighted by Crippen LogP contribution is -2.36. The fourth-order valence-electron chi connectivity index (χ4n) is 3.04. The molecule has 0 N–H and O–H groups in total. The van der Waals surface area contributed by atoms with Crippen molar-refractivity contribution in [3.05, 3.63) is 34.4 Å². The van der Waals surface area contributed by atoms with Crippen LogP contribution in [0.15, 0.2) is 28.9 Å². The maximum atomic E-state index is 5.45. The number of fused-ring (bicyclic) bond motifs is 1. The molecule has 1 fully saturated rings. The molecule has 1 aliphatic rings. The van der Waals surface area contributed by atoms with Gasteiger partial charge in [-0.25, -0.2) is 4.98 Å². The molecular weight excluding hydrogens is 344 g/mol. The Morgan fingerprint density at radius 3 is 2.68 bits per heavy atom. The van der Waals surface area contributed by atoms with Gasteiger partial charge in [-0.3, -0.25) is 4.90 Å². The number of likely N-dealkylation sites (tertiary alicyclic amines) is 1. The fraction of sp³-hybridized carbons (Fsp3) is 0.471. The molecule has 1 aromatic heterocycles. The molecule has 0 saturated carbocycles. The fourth-order valence-corrected chi connectivity index (χ4v) is 3.35. The minimum atomic E-state index is 0.408. The molecular formula is C17H21BrN2O2. The number of piperidine rings is 1. The van der Waals surface area contributed by atoms with Crippen molar-refractivity contribution < 1.29 is 9.47 Å². The summed E-state index contributed by atoms with van der Waals surface area (Å²) in [5.74, 6) is 0.887. The topological polar surface area (TPSA) is 34.6 Å². The van der Waals surface area contributed by atoms with E-state index in [-0.39, 0.29) is 0 Å². The Hall–Kier alpha value is -1.17. The van der Waals surface area contributed by atoms with Crippen LogP contribution in [0.4, 0.5) is 0 Å². The van der Waals surface area contributed by atoms with Gasteiger partial charge in [-0.2, -0.15) is 0 Å². The van der Waals surface area contributed by atoms with Crippen LogP contribution >= 0.6 is 15.9 Å². The van der Waals surface area contributed by atoms with Gasteiger partial charge in [-0.1, -0.05) is 0 Å². The highest BCUT2D eigenvalue weighted by atomic mass is 79.9. The standard InChI is InChI=1S/C17H21BrN2O2/c1-21-14-5-7-20(8-6-14)11-13-10-15(22-2)9-12-3-4-16(18)19-17(12)13/h3-4,9-10,14H,5-8,11H2,1-2H3. The number of aromatic nitrogens is 1. The van der Waals surface area contributed by atoms with Gasteiger partial charge in [0.15, 0.2) is 0 Å². The van der Waals surface area contributed by atoms with Gasteiger partial charge >= 0.3 is 0 Å². The second-order valence-electron chi connectivity index (χ2n) is 5.70. The molecule has 0 spiro atoms. The number of hydrogen-bond donors (Lipinski definition) is 0. The van der Waals surface area contributed by atoms with Crippen molar-refractivity contribution in [1.29, 1.82) is 0 Å². The molecule has 4 nitrogen and oxygen atoms in total. The van der Waals surface area contributed by atoms with Crippen LogP contribution in [-0.4, -0.2) is 43.3 Å². The molecule has 0 radical (unpaired) electrons. The van der Waals surface area contributed by atoms with Crippen LogP contribution in [0, 0.1) is 0 Å². The molecule has 118 valence electrons. The molecule has 0 aliphatic carbocycles. The molecule has 1 aliphatic heterocycles. The molecule has 1 aromatic carbocycles. The molecule has 0 amide bonds. The Labute approximate surface area is 139 Å². The van der Waals surface area contributed by atoms with Gasteiger partial charge in [0.1, 0.15) is 10.4 Å². The predicted molar refractivity (Wildman–Crippen MR) is 91.3 cm³/mol. The van der Waals surface area contributed by atoms with Gasteiger partial charge in [0.05, 0.1) is 18.7 Å². The number of ether oxygens (including phenoxy) is 2. The Kier molecular flexibility index (Phi) is 4.96. The number of hydrogen-bond acceptors (Lipinski definition) is 4. The summed E-state index contributed by atoms with van der Waals surface area (Å²) in [5.41, 5.74) is 2.26. The Morgan fingerprint density at radius 1 is 1.23 bits per heavy atom. The highest BCUT2D eigenvalue weighted by molar-refractivity contribution is 9.10. The van der Waals surface area contributed by atoms with E-state index in [0.29, 0.717) is 6.10 Å². The summed E-state index contributed by atoms with van der Waals surface area (Å²) in [5, 5.41) is 1.12. The van der Waals surface area contributed by atoms with E-state index in [1.807, 2.05) is 12.1 Å². The first kappa shape index (κ1) is 15.7. The maximum absolute atomic E-state index is 5.45. The van der Waals surface area contributed by atoms with Crippen molar-refractivity contribution in [2.24, 2.45) is 0 Å². The number of pyridine rings is 1. The number of benzene rings is 1. The summed E-state index contributed by atoms with van der Waals surface area (Å²) in [7, 11) is 3.51. The van der Waals surface area contributed by atoms with Gasteiger partial charge in [-0.05, 0) is 58.6 Å².